The fraction of sp³-hybridized carbons (Fsp3) is 0.750. The summed E-state index contributed by atoms with van der Waals surface area (Å²) in [6, 6.07) is 4.41. The summed E-state index contributed by atoms with van der Waals surface area (Å²) in [6.45, 7) is 9.17. The van der Waals surface area contributed by atoms with E-state index in [0.717, 1.165) is 32.1 Å². The molecule has 0 amide bonds. The zero-order valence-electron chi connectivity index (χ0n) is 16.7. The Bertz CT molecular complexity index is 530. The average molecular weight is 506 g/mol. The molecule has 0 radical (unpaired) electrons. The van der Waals surface area contributed by atoms with Crippen LogP contribution in [0.15, 0.2) is 22.5 Å². The number of nitrogens with one attached hydrogen (secondary N) is 2. The van der Waals surface area contributed by atoms with E-state index in [-0.39, 0.29) is 24.0 Å². The van der Waals surface area contributed by atoms with E-state index in [4.69, 9.17) is 0 Å². The van der Waals surface area contributed by atoms with Gasteiger partial charge in [-0.25, -0.2) is 0 Å². The highest BCUT2D eigenvalue weighted by Gasteiger charge is 2.20. The summed E-state index contributed by atoms with van der Waals surface area (Å²) >= 11 is 1.87. The largest absolute Gasteiger partial charge is 0.356 e. The van der Waals surface area contributed by atoms with Gasteiger partial charge in [0, 0.05) is 44.6 Å². The van der Waals surface area contributed by atoms with Crippen LogP contribution in [0.4, 0.5) is 0 Å². The van der Waals surface area contributed by atoms with Crippen LogP contribution in [0.1, 0.15) is 37.0 Å². The fourth-order valence-corrected chi connectivity index (χ4v) is 4.81. The Morgan fingerprint density at radius 3 is 2.70 bits per heavy atom. The standard InChI is InChI=1S/C20H35N5S.HI/c1-21-20(22-9-13-24-10-3-2-4-11-24)23-15-18-7-5-12-25(16-18)17-19-8-6-14-26-19;/h6,8,14,18H,2-5,7,9-13,15-17H2,1H3,(H2,21,22,23);1H. The molecule has 0 aliphatic carbocycles. The number of nitrogens with zero attached hydrogens (tertiary/aromatic N) is 3. The van der Waals surface area contributed by atoms with E-state index < -0.39 is 0 Å². The Hall–Kier alpha value is -0.380. The zero-order valence-corrected chi connectivity index (χ0v) is 19.8. The van der Waals surface area contributed by atoms with E-state index in [0.29, 0.717) is 5.92 Å². The van der Waals surface area contributed by atoms with Gasteiger partial charge in [0.2, 0.25) is 0 Å². The van der Waals surface area contributed by atoms with E-state index in [1.54, 1.807) is 0 Å². The summed E-state index contributed by atoms with van der Waals surface area (Å²) in [4.78, 5) is 11.0. The number of hydrogen-bond acceptors (Lipinski definition) is 4. The SMILES string of the molecule is CN=C(NCCN1CCCCC1)NCC1CCCN(Cc2cccs2)C1.I. The van der Waals surface area contributed by atoms with Gasteiger partial charge < -0.3 is 15.5 Å². The van der Waals surface area contributed by atoms with Crippen molar-refractivity contribution in [2.45, 2.75) is 38.6 Å². The number of halogens is 1. The lowest BCUT2D eigenvalue weighted by Crippen LogP contribution is -2.46. The Balaban J connectivity index is 0.00000261. The van der Waals surface area contributed by atoms with Crippen molar-refractivity contribution in [1.29, 1.82) is 0 Å². The van der Waals surface area contributed by atoms with Gasteiger partial charge in [0.15, 0.2) is 5.96 Å². The van der Waals surface area contributed by atoms with Gasteiger partial charge in [0.25, 0.3) is 0 Å². The van der Waals surface area contributed by atoms with Crippen LogP contribution in [0.5, 0.6) is 0 Å². The molecule has 2 aliphatic rings. The van der Waals surface area contributed by atoms with E-state index in [1.165, 1.54) is 63.2 Å². The van der Waals surface area contributed by atoms with Crippen molar-refractivity contribution in [3.63, 3.8) is 0 Å². The van der Waals surface area contributed by atoms with Gasteiger partial charge in [-0.1, -0.05) is 12.5 Å². The number of piperidine rings is 2. The maximum atomic E-state index is 4.40. The molecule has 2 N–H and O–H groups in total. The third kappa shape index (κ3) is 8.25. The molecule has 1 unspecified atom stereocenters. The van der Waals surface area contributed by atoms with Crippen LogP contribution >= 0.6 is 35.3 Å². The normalized spacial score (nSPS) is 22.3. The predicted octanol–water partition coefficient (Wildman–Crippen LogP) is 3.23. The summed E-state index contributed by atoms with van der Waals surface area (Å²) in [5.41, 5.74) is 0. The van der Waals surface area contributed by atoms with E-state index in [2.05, 4.69) is 42.9 Å². The lowest BCUT2D eigenvalue weighted by Gasteiger charge is -2.33. The van der Waals surface area contributed by atoms with E-state index in [9.17, 15) is 0 Å². The van der Waals surface area contributed by atoms with Gasteiger partial charge in [-0.2, -0.15) is 0 Å². The second-order valence-electron chi connectivity index (χ2n) is 7.60. The van der Waals surface area contributed by atoms with Crippen molar-refractivity contribution in [3.05, 3.63) is 22.4 Å². The Morgan fingerprint density at radius 1 is 1.15 bits per heavy atom. The summed E-state index contributed by atoms with van der Waals surface area (Å²) < 4.78 is 0. The van der Waals surface area contributed by atoms with Gasteiger partial charge in [0.05, 0.1) is 0 Å². The number of aliphatic imine (C=N–C) groups is 1. The molecule has 0 spiro atoms. The highest BCUT2D eigenvalue weighted by atomic mass is 127. The van der Waals surface area contributed by atoms with Crippen LogP contribution in [-0.4, -0.2) is 68.6 Å². The maximum Gasteiger partial charge on any atom is 0.191 e. The highest BCUT2D eigenvalue weighted by molar-refractivity contribution is 14.0. The van der Waals surface area contributed by atoms with Gasteiger partial charge in [-0.05, 0) is 62.7 Å². The molecule has 1 aromatic heterocycles. The smallest absolute Gasteiger partial charge is 0.191 e. The van der Waals surface area contributed by atoms with Crippen LogP contribution in [0, 0.1) is 5.92 Å². The van der Waals surface area contributed by atoms with Crippen molar-refractivity contribution in [2.24, 2.45) is 10.9 Å². The molecule has 7 heteroatoms. The molecule has 1 aromatic rings. The Kier molecular flexibility index (Phi) is 11.0. The van der Waals surface area contributed by atoms with Crippen LogP contribution in [-0.2, 0) is 6.54 Å². The van der Waals surface area contributed by atoms with Gasteiger partial charge in [0.1, 0.15) is 0 Å². The first-order valence-electron chi connectivity index (χ1n) is 10.2. The molecule has 2 aliphatic heterocycles. The van der Waals surface area contributed by atoms with Crippen LogP contribution in [0.2, 0.25) is 0 Å². The Morgan fingerprint density at radius 2 is 1.96 bits per heavy atom. The Labute approximate surface area is 186 Å². The number of guanidine groups is 1. The van der Waals surface area contributed by atoms with Crippen LogP contribution in [0.25, 0.3) is 0 Å². The molecule has 0 bridgehead atoms. The van der Waals surface area contributed by atoms with Crippen molar-refractivity contribution < 1.29 is 0 Å². The molecular weight excluding hydrogens is 469 g/mol. The third-order valence-corrected chi connectivity index (χ3v) is 6.37. The number of rotatable bonds is 7. The molecule has 27 heavy (non-hydrogen) atoms. The maximum absolute atomic E-state index is 4.40. The lowest BCUT2D eigenvalue weighted by atomic mass is 9.98. The molecule has 154 valence electrons. The molecule has 1 atom stereocenters. The summed E-state index contributed by atoms with van der Waals surface area (Å²) in [6.07, 6.45) is 6.74. The van der Waals surface area contributed by atoms with E-state index in [1.807, 2.05) is 18.4 Å². The lowest BCUT2D eigenvalue weighted by molar-refractivity contribution is 0.169. The highest BCUT2D eigenvalue weighted by Crippen LogP contribution is 2.19. The zero-order chi connectivity index (χ0) is 18.0. The van der Waals surface area contributed by atoms with E-state index >= 15 is 0 Å². The number of likely N-dealkylation sites (tertiary alicyclic amines) is 2. The molecule has 3 heterocycles. The van der Waals surface area contributed by atoms with Crippen molar-refractivity contribution in [3.8, 4) is 0 Å². The van der Waals surface area contributed by atoms with Gasteiger partial charge in [-0.15, -0.1) is 35.3 Å². The molecule has 2 saturated heterocycles. The monoisotopic (exact) mass is 505 g/mol. The molecular formula is C20H36IN5S. The first-order chi connectivity index (χ1) is 12.8. The average Bonchev–Trinajstić information content (AvgIpc) is 3.18. The molecule has 3 rings (SSSR count). The summed E-state index contributed by atoms with van der Waals surface area (Å²) in [7, 11) is 1.88. The minimum atomic E-state index is 0. The second-order valence-corrected chi connectivity index (χ2v) is 8.64. The van der Waals surface area contributed by atoms with Crippen molar-refractivity contribution in [1.82, 2.24) is 20.4 Å². The summed E-state index contributed by atoms with van der Waals surface area (Å²) in [5, 5.41) is 9.22. The minimum absolute atomic E-state index is 0. The van der Waals surface area contributed by atoms with Crippen LogP contribution < -0.4 is 10.6 Å². The predicted molar refractivity (Wildman–Crippen MR) is 127 cm³/mol. The first-order valence-corrected chi connectivity index (χ1v) is 11.1. The van der Waals surface area contributed by atoms with Crippen molar-refractivity contribution >= 4 is 41.3 Å². The third-order valence-electron chi connectivity index (χ3n) is 5.51. The number of thiophene rings is 1. The second kappa shape index (κ2) is 13.0. The quantitative estimate of drug-likeness (QED) is 0.339. The first kappa shape index (κ1) is 22.9. The van der Waals surface area contributed by atoms with Crippen molar-refractivity contribution in [2.75, 3.05) is 52.9 Å². The van der Waals surface area contributed by atoms with Gasteiger partial charge >= 0.3 is 0 Å². The van der Waals surface area contributed by atoms with Gasteiger partial charge in [-0.3, -0.25) is 9.89 Å². The molecule has 2 fully saturated rings. The topological polar surface area (TPSA) is 42.9 Å². The summed E-state index contributed by atoms with van der Waals surface area (Å²) in [5.74, 6) is 1.67. The minimum Gasteiger partial charge on any atom is -0.356 e. The van der Waals surface area contributed by atoms with Crippen LogP contribution in [0.3, 0.4) is 0 Å². The molecule has 0 aromatic carbocycles. The fourth-order valence-electron chi connectivity index (χ4n) is 4.06. The molecule has 5 nitrogen and oxygen atoms in total. The molecule has 0 saturated carbocycles. The number of hydrogen-bond donors (Lipinski definition) is 2.